The molecular weight excluding hydrogens is 296 g/mol. The van der Waals surface area contributed by atoms with E-state index in [4.69, 9.17) is 11.0 Å². The normalized spacial score (nSPS) is 13.4. The van der Waals surface area contributed by atoms with Crippen molar-refractivity contribution in [3.63, 3.8) is 0 Å². The molecule has 108 valence electrons. The smallest absolute Gasteiger partial charge is 0.138 e. The van der Waals surface area contributed by atoms with Gasteiger partial charge in [-0.3, -0.25) is 0 Å². The number of hydrogen-bond donors (Lipinski definition) is 3. The monoisotopic (exact) mass is 308 g/mol. The number of fused-ring (bicyclic) bond motifs is 3. The first kappa shape index (κ1) is 13.0. The number of nitriles is 1. The first-order chi connectivity index (χ1) is 10.8. The molecule has 4 rings (SSSR count). The van der Waals surface area contributed by atoms with E-state index in [1.54, 1.807) is 0 Å². The van der Waals surface area contributed by atoms with Crippen molar-refractivity contribution >= 4 is 28.6 Å². The molecule has 3 aromatic heterocycles. The van der Waals surface area contributed by atoms with Gasteiger partial charge in [0.1, 0.15) is 17.4 Å². The molecule has 0 saturated heterocycles. The number of aromatic nitrogens is 3. The van der Waals surface area contributed by atoms with Gasteiger partial charge in [-0.15, -0.1) is 0 Å². The molecule has 0 aliphatic carbocycles. The topological polar surface area (TPSA) is 103 Å². The molecule has 6 nitrogen and oxygen atoms in total. The molecule has 4 N–H and O–H groups in total. The van der Waals surface area contributed by atoms with Gasteiger partial charge in [-0.05, 0) is 29.7 Å². The van der Waals surface area contributed by atoms with Crippen LogP contribution < -0.4 is 11.1 Å². The second-order valence-electron chi connectivity index (χ2n) is 5.05. The van der Waals surface area contributed by atoms with Crippen molar-refractivity contribution in [2.45, 2.75) is 13.1 Å². The number of H-pyrrole nitrogens is 1. The molecule has 0 unspecified atom stereocenters. The highest BCUT2D eigenvalue weighted by atomic mass is 32.1. The average molecular weight is 308 g/mol. The van der Waals surface area contributed by atoms with Crippen LogP contribution in [-0.2, 0) is 13.1 Å². The lowest BCUT2D eigenvalue weighted by atomic mass is 10.1. The number of rotatable bonds is 2. The van der Waals surface area contributed by atoms with Crippen molar-refractivity contribution in [3.8, 4) is 16.5 Å². The molecule has 0 atom stereocenters. The molecule has 3 aromatic rings. The highest BCUT2D eigenvalue weighted by Gasteiger charge is 2.17. The van der Waals surface area contributed by atoms with Crippen molar-refractivity contribution in [1.29, 1.82) is 5.26 Å². The third kappa shape index (κ3) is 1.97. The van der Waals surface area contributed by atoms with Crippen LogP contribution >= 0.6 is 11.5 Å². The van der Waals surface area contributed by atoms with E-state index in [2.05, 4.69) is 31.8 Å². The Balaban J connectivity index is 1.88. The van der Waals surface area contributed by atoms with Gasteiger partial charge in [-0.25, -0.2) is 4.98 Å². The van der Waals surface area contributed by atoms with Crippen LogP contribution in [0.3, 0.4) is 0 Å². The van der Waals surface area contributed by atoms with Gasteiger partial charge in [-0.2, -0.15) is 9.64 Å². The highest BCUT2D eigenvalue weighted by molar-refractivity contribution is 7.09. The van der Waals surface area contributed by atoms with Crippen LogP contribution in [-0.4, -0.2) is 14.3 Å². The summed E-state index contributed by atoms with van der Waals surface area (Å²) in [4.78, 5) is 8.84. The number of allylic oxidation sites excluding steroid dienone is 1. The molecule has 7 heteroatoms. The molecule has 1 aliphatic rings. The minimum Gasteiger partial charge on any atom is -0.371 e. The van der Waals surface area contributed by atoms with Crippen LogP contribution in [0.1, 0.15) is 17.0 Å². The van der Waals surface area contributed by atoms with Crippen LogP contribution in [0.15, 0.2) is 24.0 Å². The Morgan fingerprint density at radius 1 is 1.41 bits per heavy atom. The molecule has 0 bridgehead atoms. The predicted octanol–water partition coefficient (Wildman–Crippen LogP) is 2.11. The van der Waals surface area contributed by atoms with Crippen molar-refractivity contribution in [1.82, 2.24) is 19.7 Å². The van der Waals surface area contributed by atoms with E-state index in [0.717, 1.165) is 38.4 Å². The fraction of sp³-hybridized carbons (Fsp3) is 0.133. The van der Waals surface area contributed by atoms with E-state index in [-0.39, 0.29) is 0 Å². The summed E-state index contributed by atoms with van der Waals surface area (Å²) in [5.74, 6) is 0. The van der Waals surface area contributed by atoms with Crippen molar-refractivity contribution in [3.05, 3.63) is 41.0 Å². The molecular formula is C15H12N6S. The SMILES string of the molecule is N#CC1=Cc2c([nH]c3ncc(-c4cc(CN)ns4)cc23)CN1. The maximum Gasteiger partial charge on any atom is 0.138 e. The van der Waals surface area contributed by atoms with Crippen LogP contribution in [0, 0.1) is 11.3 Å². The zero-order chi connectivity index (χ0) is 15.1. The van der Waals surface area contributed by atoms with Crippen LogP contribution in [0.5, 0.6) is 0 Å². The molecule has 0 amide bonds. The van der Waals surface area contributed by atoms with Crippen LogP contribution in [0.4, 0.5) is 0 Å². The summed E-state index contributed by atoms with van der Waals surface area (Å²) in [7, 11) is 0. The molecule has 0 fully saturated rings. The molecule has 0 radical (unpaired) electrons. The van der Waals surface area contributed by atoms with E-state index in [0.29, 0.717) is 18.8 Å². The minimum atomic E-state index is 0.436. The molecule has 22 heavy (non-hydrogen) atoms. The molecule has 4 heterocycles. The van der Waals surface area contributed by atoms with Gasteiger partial charge in [0.25, 0.3) is 0 Å². The maximum atomic E-state index is 9.06. The number of nitrogens with one attached hydrogen (secondary N) is 2. The lowest BCUT2D eigenvalue weighted by Gasteiger charge is -2.10. The van der Waals surface area contributed by atoms with E-state index in [1.165, 1.54) is 11.5 Å². The minimum absolute atomic E-state index is 0.436. The number of pyridine rings is 1. The van der Waals surface area contributed by atoms with Crippen LogP contribution in [0.25, 0.3) is 27.6 Å². The number of nitrogens with two attached hydrogens (primary N) is 1. The largest absolute Gasteiger partial charge is 0.371 e. The van der Waals surface area contributed by atoms with Gasteiger partial charge < -0.3 is 16.0 Å². The summed E-state index contributed by atoms with van der Waals surface area (Å²) in [5.41, 5.74) is 11.0. The van der Waals surface area contributed by atoms with Gasteiger partial charge in [0.15, 0.2) is 0 Å². The Morgan fingerprint density at radius 2 is 2.32 bits per heavy atom. The fourth-order valence-corrected chi connectivity index (χ4v) is 3.33. The van der Waals surface area contributed by atoms with E-state index < -0.39 is 0 Å². The summed E-state index contributed by atoms with van der Waals surface area (Å²) < 4.78 is 4.31. The van der Waals surface area contributed by atoms with E-state index >= 15 is 0 Å². The van der Waals surface area contributed by atoms with Crippen LogP contribution in [0.2, 0.25) is 0 Å². The Bertz CT molecular complexity index is 943. The van der Waals surface area contributed by atoms with Gasteiger partial charge in [0, 0.05) is 34.9 Å². The first-order valence-corrected chi connectivity index (χ1v) is 7.58. The first-order valence-electron chi connectivity index (χ1n) is 6.81. The van der Waals surface area contributed by atoms with E-state index in [9.17, 15) is 0 Å². The second-order valence-corrected chi connectivity index (χ2v) is 5.85. The Morgan fingerprint density at radius 3 is 3.09 bits per heavy atom. The lowest BCUT2D eigenvalue weighted by molar-refractivity contribution is 0.807. The number of hydrogen-bond acceptors (Lipinski definition) is 6. The average Bonchev–Trinajstić information content (AvgIpc) is 3.18. The summed E-state index contributed by atoms with van der Waals surface area (Å²) in [5, 5.41) is 13.1. The zero-order valence-corrected chi connectivity index (χ0v) is 12.4. The molecule has 1 aliphatic heterocycles. The molecule has 0 spiro atoms. The molecule has 0 aromatic carbocycles. The number of aromatic amines is 1. The predicted molar refractivity (Wildman–Crippen MR) is 85.5 cm³/mol. The third-order valence-corrected chi connectivity index (χ3v) is 4.57. The van der Waals surface area contributed by atoms with E-state index in [1.807, 2.05) is 18.3 Å². The summed E-state index contributed by atoms with van der Waals surface area (Å²) in [6.45, 7) is 1.05. The van der Waals surface area contributed by atoms with Gasteiger partial charge >= 0.3 is 0 Å². The molecule has 0 saturated carbocycles. The summed E-state index contributed by atoms with van der Waals surface area (Å²) in [6, 6.07) is 6.23. The van der Waals surface area contributed by atoms with Gasteiger partial charge in [-0.1, -0.05) is 0 Å². The Kier molecular flexibility index (Phi) is 2.92. The quantitative estimate of drug-likeness (QED) is 0.672. The fourth-order valence-electron chi connectivity index (χ4n) is 2.58. The third-order valence-electron chi connectivity index (χ3n) is 3.69. The Labute approximate surface area is 130 Å². The lowest BCUT2D eigenvalue weighted by Crippen LogP contribution is -2.16. The highest BCUT2D eigenvalue weighted by Crippen LogP contribution is 2.31. The summed E-state index contributed by atoms with van der Waals surface area (Å²) >= 11 is 1.42. The van der Waals surface area contributed by atoms with Crippen molar-refractivity contribution in [2.75, 3.05) is 0 Å². The Hall–Kier alpha value is -2.69. The maximum absolute atomic E-state index is 9.06. The van der Waals surface area contributed by atoms with Gasteiger partial charge in [0.05, 0.1) is 17.1 Å². The van der Waals surface area contributed by atoms with Crippen molar-refractivity contribution in [2.24, 2.45) is 5.73 Å². The zero-order valence-electron chi connectivity index (χ0n) is 11.6. The van der Waals surface area contributed by atoms with Gasteiger partial charge in [0.2, 0.25) is 0 Å². The number of nitrogens with zero attached hydrogens (tertiary/aromatic N) is 3. The van der Waals surface area contributed by atoms with Crippen molar-refractivity contribution < 1.29 is 0 Å². The second kappa shape index (κ2) is 4.94. The summed E-state index contributed by atoms with van der Waals surface area (Å²) in [6.07, 6.45) is 3.70. The standard InChI is InChI=1S/C15H12N6S/c16-4-9-2-11-12-1-8(14-3-10(5-17)21-22-14)6-19-15(12)20-13(11)7-18-9/h1-3,6,18H,5,7,17H2,(H,19,20).